The number of hydrogen-bond acceptors (Lipinski definition) is 4. The SMILES string of the molecule is COC(=O)CNc1c2ccccc2nc2ccccc12. The zero-order valence-corrected chi connectivity index (χ0v) is 11.1. The van der Waals surface area contributed by atoms with E-state index in [2.05, 4.69) is 15.0 Å². The lowest BCUT2D eigenvalue weighted by atomic mass is 10.1. The fourth-order valence-electron chi connectivity index (χ4n) is 2.26. The number of aromatic nitrogens is 1. The van der Waals surface area contributed by atoms with Gasteiger partial charge < -0.3 is 10.1 Å². The molecule has 0 radical (unpaired) electrons. The molecule has 0 saturated carbocycles. The Bertz CT molecular complexity index is 730. The van der Waals surface area contributed by atoms with Crippen molar-refractivity contribution in [3.8, 4) is 0 Å². The van der Waals surface area contributed by atoms with Crippen LogP contribution >= 0.6 is 0 Å². The molecule has 1 aromatic heterocycles. The van der Waals surface area contributed by atoms with E-state index >= 15 is 0 Å². The van der Waals surface area contributed by atoms with Gasteiger partial charge >= 0.3 is 5.97 Å². The van der Waals surface area contributed by atoms with Gasteiger partial charge in [-0.05, 0) is 12.1 Å². The van der Waals surface area contributed by atoms with Crippen LogP contribution in [-0.2, 0) is 9.53 Å². The normalized spacial score (nSPS) is 10.7. The van der Waals surface area contributed by atoms with E-state index in [1.54, 1.807) is 0 Å². The fourth-order valence-corrected chi connectivity index (χ4v) is 2.26. The number of ether oxygens (including phenoxy) is 1. The first kappa shape index (κ1) is 12.4. The maximum absolute atomic E-state index is 11.4. The van der Waals surface area contributed by atoms with Crippen LogP contribution in [0.2, 0.25) is 0 Å². The molecule has 100 valence electrons. The molecule has 0 fully saturated rings. The summed E-state index contributed by atoms with van der Waals surface area (Å²) in [4.78, 5) is 16.0. The largest absolute Gasteiger partial charge is 0.468 e. The van der Waals surface area contributed by atoms with E-state index in [0.29, 0.717) is 0 Å². The van der Waals surface area contributed by atoms with Gasteiger partial charge in [0.05, 0.1) is 23.8 Å². The van der Waals surface area contributed by atoms with Crippen LogP contribution in [0.3, 0.4) is 0 Å². The molecule has 0 aliphatic rings. The number of nitrogens with one attached hydrogen (secondary N) is 1. The highest BCUT2D eigenvalue weighted by Gasteiger charge is 2.09. The van der Waals surface area contributed by atoms with Gasteiger partial charge in [0.25, 0.3) is 0 Å². The molecule has 3 aromatic rings. The van der Waals surface area contributed by atoms with E-state index in [1.165, 1.54) is 7.11 Å². The number of benzene rings is 2. The van der Waals surface area contributed by atoms with E-state index in [4.69, 9.17) is 0 Å². The summed E-state index contributed by atoms with van der Waals surface area (Å²) >= 11 is 0. The highest BCUT2D eigenvalue weighted by atomic mass is 16.5. The predicted molar refractivity (Wildman–Crippen MR) is 79.8 cm³/mol. The number of carbonyl (C=O) groups excluding carboxylic acids is 1. The molecular weight excluding hydrogens is 252 g/mol. The van der Waals surface area contributed by atoms with Gasteiger partial charge in [0.2, 0.25) is 0 Å². The predicted octanol–water partition coefficient (Wildman–Crippen LogP) is 2.97. The van der Waals surface area contributed by atoms with Crippen LogP contribution in [0.1, 0.15) is 0 Å². The summed E-state index contributed by atoms with van der Waals surface area (Å²) in [6.45, 7) is 0.133. The van der Waals surface area contributed by atoms with Gasteiger partial charge in [-0.2, -0.15) is 0 Å². The zero-order chi connectivity index (χ0) is 13.9. The summed E-state index contributed by atoms with van der Waals surface area (Å²) in [5.74, 6) is -0.296. The van der Waals surface area contributed by atoms with E-state index in [1.807, 2.05) is 48.5 Å². The number of esters is 1. The van der Waals surface area contributed by atoms with Crippen molar-refractivity contribution in [2.45, 2.75) is 0 Å². The average molecular weight is 266 g/mol. The standard InChI is InChI=1S/C16H14N2O2/c1-20-15(19)10-17-16-11-6-2-4-8-13(11)18-14-9-5-3-7-12(14)16/h2-9H,10H2,1H3,(H,17,18). The van der Waals surface area contributed by atoms with Crippen molar-refractivity contribution in [1.82, 2.24) is 4.98 Å². The van der Waals surface area contributed by atoms with Crippen LogP contribution < -0.4 is 5.32 Å². The zero-order valence-electron chi connectivity index (χ0n) is 11.1. The molecule has 0 atom stereocenters. The van der Waals surface area contributed by atoms with E-state index in [-0.39, 0.29) is 12.5 Å². The highest BCUT2D eigenvalue weighted by molar-refractivity contribution is 6.07. The number of pyridine rings is 1. The van der Waals surface area contributed by atoms with Crippen LogP contribution in [0.4, 0.5) is 5.69 Å². The summed E-state index contributed by atoms with van der Waals surface area (Å²) < 4.78 is 4.68. The molecule has 0 amide bonds. The summed E-state index contributed by atoms with van der Waals surface area (Å²) in [6, 6.07) is 15.7. The third-order valence-electron chi connectivity index (χ3n) is 3.22. The molecule has 20 heavy (non-hydrogen) atoms. The number of rotatable bonds is 3. The van der Waals surface area contributed by atoms with Crippen molar-refractivity contribution < 1.29 is 9.53 Å². The Kier molecular flexibility index (Phi) is 3.21. The van der Waals surface area contributed by atoms with Crippen molar-refractivity contribution in [3.63, 3.8) is 0 Å². The minimum absolute atomic E-state index is 0.133. The summed E-state index contributed by atoms with van der Waals surface area (Å²) in [6.07, 6.45) is 0. The quantitative estimate of drug-likeness (QED) is 0.585. The van der Waals surface area contributed by atoms with Gasteiger partial charge in [0.15, 0.2) is 0 Å². The van der Waals surface area contributed by atoms with Gasteiger partial charge in [0, 0.05) is 10.8 Å². The number of nitrogens with zero attached hydrogens (tertiary/aromatic N) is 1. The lowest BCUT2D eigenvalue weighted by Crippen LogP contribution is -2.15. The number of carbonyl (C=O) groups is 1. The lowest BCUT2D eigenvalue weighted by molar-refractivity contribution is -0.138. The first-order valence-corrected chi connectivity index (χ1v) is 6.38. The van der Waals surface area contributed by atoms with E-state index in [0.717, 1.165) is 27.5 Å². The Labute approximate surface area is 116 Å². The molecule has 1 heterocycles. The minimum atomic E-state index is -0.296. The van der Waals surface area contributed by atoms with Gasteiger partial charge in [-0.25, -0.2) is 4.98 Å². The molecular formula is C16H14N2O2. The average Bonchev–Trinajstić information content (AvgIpc) is 2.51. The Morgan fingerprint density at radius 2 is 1.60 bits per heavy atom. The molecule has 3 rings (SSSR count). The molecule has 0 aliphatic carbocycles. The van der Waals surface area contributed by atoms with Gasteiger partial charge in [-0.1, -0.05) is 36.4 Å². The molecule has 4 nitrogen and oxygen atoms in total. The molecule has 0 saturated heterocycles. The number of anilines is 1. The number of para-hydroxylation sites is 2. The Morgan fingerprint density at radius 3 is 2.15 bits per heavy atom. The second kappa shape index (κ2) is 5.17. The smallest absolute Gasteiger partial charge is 0.325 e. The molecule has 2 aromatic carbocycles. The monoisotopic (exact) mass is 266 g/mol. The Balaban J connectivity index is 2.20. The van der Waals surface area contributed by atoms with Crippen LogP contribution in [0, 0.1) is 0 Å². The summed E-state index contributed by atoms with van der Waals surface area (Å²) in [7, 11) is 1.38. The maximum Gasteiger partial charge on any atom is 0.325 e. The van der Waals surface area contributed by atoms with Crippen molar-refractivity contribution in [2.24, 2.45) is 0 Å². The molecule has 0 unspecified atom stereocenters. The van der Waals surface area contributed by atoms with Crippen molar-refractivity contribution in [1.29, 1.82) is 0 Å². The van der Waals surface area contributed by atoms with Crippen molar-refractivity contribution >= 4 is 33.5 Å². The number of fused-ring (bicyclic) bond motifs is 2. The van der Waals surface area contributed by atoms with Crippen LogP contribution in [0.25, 0.3) is 21.8 Å². The highest BCUT2D eigenvalue weighted by Crippen LogP contribution is 2.30. The lowest BCUT2D eigenvalue weighted by Gasteiger charge is -2.12. The first-order chi connectivity index (χ1) is 9.79. The molecule has 0 spiro atoms. The second-order valence-corrected chi connectivity index (χ2v) is 4.45. The molecule has 0 aliphatic heterocycles. The topological polar surface area (TPSA) is 51.2 Å². The van der Waals surface area contributed by atoms with Gasteiger partial charge in [-0.15, -0.1) is 0 Å². The van der Waals surface area contributed by atoms with Crippen LogP contribution in [0.5, 0.6) is 0 Å². The van der Waals surface area contributed by atoms with Gasteiger partial charge in [0.1, 0.15) is 6.54 Å². The number of methoxy groups -OCH3 is 1. The second-order valence-electron chi connectivity index (χ2n) is 4.45. The van der Waals surface area contributed by atoms with E-state index in [9.17, 15) is 4.79 Å². The van der Waals surface area contributed by atoms with Gasteiger partial charge in [-0.3, -0.25) is 4.79 Å². The molecule has 0 bridgehead atoms. The van der Waals surface area contributed by atoms with Crippen molar-refractivity contribution in [3.05, 3.63) is 48.5 Å². The number of hydrogen-bond donors (Lipinski definition) is 1. The third kappa shape index (κ3) is 2.16. The van der Waals surface area contributed by atoms with Crippen LogP contribution in [-0.4, -0.2) is 24.6 Å². The minimum Gasteiger partial charge on any atom is -0.468 e. The van der Waals surface area contributed by atoms with Crippen molar-refractivity contribution in [2.75, 3.05) is 19.0 Å². The maximum atomic E-state index is 11.4. The summed E-state index contributed by atoms with van der Waals surface area (Å²) in [5.41, 5.74) is 2.72. The summed E-state index contributed by atoms with van der Waals surface area (Å²) in [5, 5.41) is 5.16. The Hall–Kier alpha value is -2.62. The Morgan fingerprint density at radius 1 is 1.05 bits per heavy atom. The third-order valence-corrected chi connectivity index (χ3v) is 3.22. The van der Waals surface area contributed by atoms with E-state index < -0.39 is 0 Å². The first-order valence-electron chi connectivity index (χ1n) is 6.38. The molecule has 4 heteroatoms. The molecule has 1 N–H and O–H groups in total. The van der Waals surface area contributed by atoms with Crippen LogP contribution in [0.15, 0.2) is 48.5 Å². The fraction of sp³-hybridized carbons (Fsp3) is 0.125.